The number of rotatable bonds is 5. The van der Waals surface area contributed by atoms with Crippen molar-refractivity contribution in [3.8, 4) is 0 Å². The highest BCUT2D eigenvalue weighted by Crippen LogP contribution is 2.17. The second-order valence-electron chi connectivity index (χ2n) is 3.65. The van der Waals surface area contributed by atoms with E-state index >= 15 is 0 Å². The number of aromatic carboxylic acids is 1. The molecule has 6 heteroatoms. The number of hydrogen-bond donors (Lipinski definition) is 2. The van der Waals surface area contributed by atoms with Gasteiger partial charge in [-0.05, 0) is 12.5 Å². The lowest BCUT2D eigenvalue weighted by Gasteiger charge is -2.06. The average molecular weight is 263 g/mol. The normalized spacial score (nSPS) is 10.3. The lowest BCUT2D eigenvalue weighted by atomic mass is 10.2. The Balaban J connectivity index is 2.08. The van der Waals surface area contributed by atoms with E-state index < -0.39 is 5.97 Å². The maximum absolute atomic E-state index is 11.0. The largest absolute Gasteiger partial charge is 0.478 e. The zero-order chi connectivity index (χ0) is 13.0. The fraction of sp³-hybridized carbons (Fsp3) is 0.250. The van der Waals surface area contributed by atoms with Crippen LogP contribution in [-0.2, 0) is 13.0 Å². The third-order valence-electron chi connectivity index (χ3n) is 2.43. The summed E-state index contributed by atoms with van der Waals surface area (Å²) in [5.41, 5.74) is 0.732. The second-order valence-corrected chi connectivity index (χ2v) is 4.85. The molecule has 2 aromatic rings. The SMILES string of the molecule is CCc1cnc(CNc2ccncc2C(=O)O)s1. The zero-order valence-electron chi connectivity index (χ0n) is 9.88. The number of carboxylic acids is 1. The van der Waals surface area contributed by atoms with Gasteiger partial charge < -0.3 is 10.4 Å². The monoisotopic (exact) mass is 263 g/mol. The molecule has 0 saturated heterocycles. The number of carbonyl (C=O) groups is 1. The Labute approximate surface area is 109 Å². The van der Waals surface area contributed by atoms with Crippen LogP contribution in [0.5, 0.6) is 0 Å². The van der Waals surface area contributed by atoms with Gasteiger partial charge >= 0.3 is 5.97 Å². The third-order valence-corrected chi connectivity index (χ3v) is 3.57. The number of hydrogen-bond acceptors (Lipinski definition) is 5. The summed E-state index contributed by atoms with van der Waals surface area (Å²) in [6, 6.07) is 1.65. The van der Waals surface area contributed by atoms with Crippen LogP contribution in [-0.4, -0.2) is 21.0 Å². The van der Waals surface area contributed by atoms with Gasteiger partial charge in [0.25, 0.3) is 0 Å². The molecule has 0 aliphatic rings. The summed E-state index contributed by atoms with van der Waals surface area (Å²) in [5.74, 6) is -0.987. The number of carboxylic acid groups (broad SMARTS) is 1. The van der Waals surface area contributed by atoms with Gasteiger partial charge in [-0.1, -0.05) is 6.92 Å². The van der Waals surface area contributed by atoms with Gasteiger partial charge in [-0.3, -0.25) is 4.98 Å². The topological polar surface area (TPSA) is 75.1 Å². The molecule has 0 spiro atoms. The first-order valence-corrected chi connectivity index (χ1v) is 6.37. The molecule has 2 heterocycles. The van der Waals surface area contributed by atoms with Crippen LogP contribution >= 0.6 is 11.3 Å². The Morgan fingerprint density at radius 1 is 1.50 bits per heavy atom. The molecular weight excluding hydrogens is 250 g/mol. The van der Waals surface area contributed by atoms with Crippen molar-refractivity contribution < 1.29 is 9.90 Å². The first-order chi connectivity index (χ1) is 8.70. The van der Waals surface area contributed by atoms with Crippen molar-refractivity contribution in [2.75, 3.05) is 5.32 Å². The number of nitrogens with one attached hydrogen (secondary N) is 1. The lowest BCUT2D eigenvalue weighted by molar-refractivity contribution is 0.0697. The fourth-order valence-electron chi connectivity index (χ4n) is 1.48. The van der Waals surface area contributed by atoms with Crippen LogP contribution in [0.4, 0.5) is 5.69 Å². The van der Waals surface area contributed by atoms with Crippen molar-refractivity contribution in [1.82, 2.24) is 9.97 Å². The summed E-state index contributed by atoms with van der Waals surface area (Å²) >= 11 is 1.63. The molecule has 0 radical (unpaired) electrons. The number of thiazole rings is 1. The van der Waals surface area contributed by atoms with E-state index in [1.807, 2.05) is 6.20 Å². The summed E-state index contributed by atoms with van der Waals surface area (Å²) < 4.78 is 0. The summed E-state index contributed by atoms with van der Waals surface area (Å²) in [6.45, 7) is 2.60. The van der Waals surface area contributed by atoms with Crippen LogP contribution in [0.25, 0.3) is 0 Å². The first kappa shape index (κ1) is 12.5. The number of nitrogens with zero attached hydrogens (tertiary/aromatic N) is 2. The van der Waals surface area contributed by atoms with E-state index in [0.717, 1.165) is 11.4 Å². The van der Waals surface area contributed by atoms with Crippen molar-refractivity contribution in [2.24, 2.45) is 0 Å². The maximum Gasteiger partial charge on any atom is 0.339 e. The molecule has 0 fully saturated rings. The predicted molar refractivity (Wildman–Crippen MR) is 70.0 cm³/mol. The fourth-order valence-corrected chi connectivity index (χ4v) is 2.29. The quantitative estimate of drug-likeness (QED) is 0.866. The molecule has 0 unspecified atom stereocenters. The van der Waals surface area contributed by atoms with E-state index in [4.69, 9.17) is 5.11 Å². The molecule has 2 aromatic heterocycles. The summed E-state index contributed by atoms with van der Waals surface area (Å²) in [7, 11) is 0. The molecule has 2 rings (SSSR count). The molecule has 0 aromatic carbocycles. The smallest absolute Gasteiger partial charge is 0.339 e. The summed E-state index contributed by atoms with van der Waals surface area (Å²) in [4.78, 5) is 20.3. The highest BCUT2D eigenvalue weighted by atomic mass is 32.1. The van der Waals surface area contributed by atoms with Gasteiger partial charge in [0.2, 0.25) is 0 Å². The van der Waals surface area contributed by atoms with Crippen LogP contribution in [0.2, 0.25) is 0 Å². The molecule has 94 valence electrons. The Hall–Kier alpha value is -1.95. The van der Waals surface area contributed by atoms with Gasteiger partial charge in [-0.15, -0.1) is 11.3 Å². The van der Waals surface area contributed by atoms with Crippen LogP contribution in [0.1, 0.15) is 27.2 Å². The molecule has 0 atom stereocenters. The van der Waals surface area contributed by atoms with Gasteiger partial charge in [0.15, 0.2) is 0 Å². The van der Waals surface area contributed by atoms with Gasteiger partial charge in [0, 0.05) is 23.5 Å². The molecule has 0 bridgehead atoms. The zero-order valence-corrected chi connectivity index (χ0v) is 10.7. The average Bonchev–Trinajstić information content (AvgIpc) is 2.84. The number of aromatic nitrogens is 2. The molecule has 0 saturated carbocycles. The van der Waals surface area contributed by atoms with E-state index in [-0.39, 0.29) is 5.56 Å². The predicted octanol–water partition coefficient (Wildman–Crippen LogP) is 2.41. The van der Waals surface area contributed by atoms with Crippen LogP contribution < -0.4 is 5.32 Å². The van der Waals surface area contributed by atoms with Gasteiger partial charge in [0.1, 0.15) is 10.6 Å². The highest BCUT2D eigenvalue weighted by Gasteiger charge is 2.09. The Morgan fingerprint density at radius 3 is 3.00 bits per heavy atom. The number of aryl methyl sites for hydroxylation is 1. The number of anilines is 1. The molecule has 18 heavy (non-hydrogen) atoms. The van der Waals surface area contributed by atoms with Gasteiger partial charge in [-0.2, -0.15) is 0 Å². The van der Waals surface area contributed by atoms with E-state index in [9.17, 15) is 4.79 Å². The van der Waals surface area contributed by atoms with Crippen LogP contribution in [0.15, 0.2) is 24.7 Å². The van der Waals surface area contributed by atoms with E-state index in [2.05, 4.69) is 22.2 Å². The minimum atomic E-state index is -0.987. The van der Waals surface area contributed by atoms with E-state index in [0.29, 0.717) is 12.2 Å². The summed E-state index contributed by atoms with van der Waals surface area (Å²) in [5, 5.41) is 13.0. The van der Waals surface area contributed by atoms with Gasteiger partial charge in [0.05, 0.1) is 12.2 Å². The van der Waals surface area contributed by atoms with Crippen molar-refractivity contribution in [3.05, 3.63) is 40.1 Å². The molecule has 5 nitrogen and oxygen atoms in total. The third kappa shape index (κ3) is 2.84. The van der Waals surface area contributed by atoms with Crippen molar-refractivity contribution in [3.63, 3.8) is 0 Å². The highest BCUT2D eigenvalue weighted by molar-refractivity contribution is 7.11. The van der Waals surface area contributed by atoms with E-state index in [1.165, 1.54) is 11.1 Å². The first-order valence-electron chi connectivity index (χ1n) is 5.55. The molecular formula is C12H13N3O2S. The van der Waals surface area contributed by atoms with Gasteiger partial charge in [-0.25, -0.2) is 9.78 Å². The standard InChI is InChI=1S/C12H13N3O2S/c1-2-8-5-15-11(18-8)7-14-10-3-4-13-6-9(10)12(16)17/h3-6H,2,7H2,1H3,(H,13,14)(H,16,17). The van der Waals surface area contributed by atoms with Crippen LogP contribution in [0.3, 0.4) is 0 Å². The van der Waals surface area contributed by atoms with Crippen molar-refractivity contribution in [2.45, 2.75) is 19.9 Å². The summed E-state index contributed by atoms with van der Waals surface area (Å²) in [6.07, 6.45) is 5.72. The molecule has 2 N–H and O–H groups in total. The number of pyridine rings is 1. The minimum Gasteiger partial charge on any atom is -0.478 e. The maximum atomic E-state index is 11.0. The molecule has 0 aliphatic heterocycles. The van der Waals surface area contributed by atoms with Crippen molar-refractivity contribution >= 4 is 23.0 Å². The minimum absolute atomic E-state index is 0.171. The Bertz CT molecular complexity index is 554. The molecule has 0 aliphatic carbocycles. The second kappa shape index (κ2) is 5.59. The Kier molecular flexibility index (Phi) is 3.88. The molecule has 0 amide bonds. The Morgan fingerprint density at radius 2 is 2.33 bits per heavy atom. The van der Waals surface area contributed by atoms with Crippen LogP contribution in [0, 0.1) is 0 Å². The van der Waals surface area contributed by atoms with E-state index in [1.54, 1.807) is 23.6 Å². The van der Waals surface area contributed by atoms with Crippen molar-refractivity contribution in [1.29, 1.82) is 0 Å². The lowest BCUT2D eigenvalue weighted by Crippen LogP contribution is -2.06.